The van der Waals surface area contributed by atoms with Crippen molar-refractivity contribution in [2.75, 3.05) is 0 Å². The monoisotopic (exact) mass is 248 g/mol. The molecule has 1 aromatic carbocycles. The second-order valence-corrected chi connectivity index (χ2v) is 4.21. The molecule has 0 radical (unpaired) electrons. The lowest BCUT2D eigenvalue weighted by atomic mass is 10.2. The fourth-order valence-corrected chi connectivity index (χ4v) is 1.92. The van der Waals surface area contributed by atoms with E-state index >= 15 is 0 Å². The van der Waals surface area contributed by atoms with Gasteiger partial charge in [0.05, 0.1) is 11.4 Å². The molecule has 0 atom stereocenters. The zero-order valence-corrected chi connectivity index (χ0v) is 10.2. The Balaban J connectivity index is 1.93. The van der Waals surface area contributed by atoms with E-state index < -0.39 is 0 Å². The minimum Gasteiger partial charge on any atom is -0.508 e. The Morgan fingerprint density at radius 1 is 0.684 bits per heavy atom. The third-order valence-electron chi connectivity index (χ3n) is 2.89. The zero-order valence-electron chi connectivity index (χ0n) is 10.2. The molecule has 2 aliphatic rings. The Labute approximate surface area is 111 Å². The molecule has 3 rings (SSSR count). The number of nitrogens with zero attached hydrogens (tertiary/aromatic N) is 2. The maximum Gasteiger partial charge on any atom is 0.115 e. The molecule has 19 heavy (non-hydrogen) atoms. The van der Waals surface area contributed by atoms with Gasteiger partial charge in [-0.05, 0) is 35.9 Å². The van der Waals surface area contributed by atoms with Gasteiger partial charge in [-0.25, -0.2) is 0 Å². The molecule has 0 aromatic heterocycles. The highest BCUT2D eigenvalue weighted by Crippen LogP contribution is 2.34. The molecule has 92 valence electrons. The average Bonchev–Trinajstić information content (AvgIpc) is 2.66. The van der Waals surface area contributed by atoms with Crippen molar-refractivity contribution in [1.82, 2.24) is 0 Å². The fraction of sp³-hybridized carbons (Fsp3) is 0. The minimum absolute atomic E-state index is 0.227. The van der Waals surface area contributed by atoms with Gasteiger partial charge in [0.2, 0.25) is 0 Å². The number of fused-ring (bicyclic) bond motifs is 1. The Morgan fingerprint density at radius 2 is 1.47 bits per heavy atom. The summed E-state index contributed by atoms with van der Waals surface area (Å²) in [5.41, 5.74) is 3.78. The summed E-state index contributed by atoms with van der Waals surface area (Å²) in [6.07, 6.45) is 0. The summed E-state index contributed by atoms with van der Waals surface area (Å²) in [5.74, 6) is 0.227. The lowest BCUT2D eigenvalue weighted by Gasteiger charge is -1.95. The molecule has 2 aliphatic carbocycles. The normalized spacial score (nSPS) is 11.2. The number of aromatic hydroxyl groups is 1. The van der Waals surface area contributed by atoms with Crippen LogP contribution in [0.1, 0.15) is 0 Å². The van der Waals surface area contributed by atoms with Crippen LogP contribution in [0.5, 0.6) is 5.75 Å². The summed E-state index contributed by atoms with van der Waals surface area (Å²) in [6.45, 7) is 0. The van der Waals surface area contributed by atoms with Gasteiger partial charge in [0.25, 0.3) is 0 Å². The van der Waals surface area contributed by atoms with Crippen LogP contribution in [-0.2, 0) is 0 Å². The highest BCUT2D eigenvalue weighted by atomic mass is 16.3. The van der Waals surface area contributed by atoms with Crippen molar-refractivity contribution in [3.05, 3.63) is 66.7 Å². The summed E-state index contributed by atoms with van der Waals surface area (Å²) in [6, 6.07) is 20.7. The Bertz CT molecular complexity index is 689. The lowest BCUT2D eigenvalue weighted by Crippen LogP contribution is -1.66. The first-order chi connectivity index (χ1) is 9.33. The van der Waals surface area contributed by atoms with E-state index in [0.29, 0.717) is 5.69 Å². The number of benzene rings is 1. The first-order valence-electron chi connectivity index (χ1n) is 6.01. The molecule has 1 N–H and O–H groups in total. The van der Waals surface area contributed by atoms with Gasteiger partial charge in [-0.2, -0.15) is 5.11 Å². The molecule has 0 heterocycles. The van der Waals surface area contributed by atoms with E-state index in [2.05, 4.69) is 16.3 Å². The Kier molecular flexibility index (Phi) is 2.94. The van der Waals surface area contributed by atoms with Crippen molar-refractivity contribution in [1.29, 1.82) is 0 Å². The highest BCUT2D eigenvalue weighted by Gasteiger charge is 2.06. The number of hydrogen-bond donors (Lipinski definition) is 1. The predicted octanol–water partition coefficient (Wildman–Crippen LogP) is 4.91. The van der Waals surface area contributed by atoms with Crippen LogP contribution in [0.2, 0.25) is 0 Å². The van der Waals surface area contributed by atoms with E-state index in [1.54, 1.807) is 24.3 Å². The Morgan fingerprint density at radius 3 is 2.32 bits per heavy atom. The van der Waals surface area contributed by atoms with Crippen LogP contribution in [-0.4, -0.2) is 5.11 Å². The highest BCUT2D eigenvalue weighted by molar-refractivity contribution is 5.79. The molecule has 3 nitrogen and oxygen atoms in total. The van der Waals surface area contributed by atoms with Crippen LogP contribution in [0.3, 0.4) is 0 Å². The fourth-order valence-electron chi connectivity index (χ4n) is 1.92. The van der Waals surface area contributed by atoms with Crippen molar-refractivity contribution >= 4 is 11.4 Å². The molecule has 0 aliphatic heterocycles. The third kappa shape index (κ3) is 2.45. The van der Waals surface area contributed by atoms with Gasteiger partial charge in [0.15, 0.2) is 0 Å². The third-order valence-corrected chi connectivity index (χ3v) is 2.89. The molecule has 0 fully saturated rings. The number of phenolic OH excluding ortho intramolecular Hbond substituents is 1. The molecular formula is C16H12N2O. The lowest BCUT2D eigenvalue weighted by molar-refractivity contribution is 0.475. The summed E-state index contributed by atoms with van der Waals surface area (Å²) in [7, 11) is 0. The molecule has 0 bridgehead atoms. The van der Waals surface area contributed by atoms with Gasteiger partial charge < -0.3 is 5.11 Å². The molecule has 3 heteroatoms. The number of rotatable bonds is 2. The summed E-state index contributed by atoms with van der Waals surface area (Å²) < 4.78 is 0. The molecule has 0 spiro atoms. The van der Waals surface area contributed by atoms with Crippen LogP contribution < -0.4 is 0 Å². The molecule has 1 aromatic rings. The van der Waals surface area contributed by atoms with E-state index in [1.165, 1.54) is 0 Å². The number of hydrogen-bond acceptors (Lipinski definition) is 3. The molecule has 0 saturated carbocycles. The maximum absolute atomic E-state index is 9.21. The van der Waals surface area contributed by atoms with Crippen molar-refractivity contribution in [3.63, 3.8) is 0 Å². The number of azo groups is 1. The van der Waals surface area contributed by atoms with E-state index in [-0.39, 0.29) is 5.75 Å². The van der Waals surface area contributed by atoms with Crippen LogP contribution >= 0.6 is 0 Å². The minimum atomic E-state index is 0.227. The largest absolute Gasteiger partial charge is 0.508 e. The van der Waals surface area contributed by atoms with E-state index in [1.807, 2.05) is 36.4 Å². The van der Waals surface area contributed by atoms with Gasteiger partial charge in [-0.3, -0.25) is 0 Å². The van der Waals surface area contributed by atoms with Gasteiger partial charge >= 0.3 is 0 Å². The predicted molar refractivity (Wildman–Crippen MR) is 75.3 cm³/mol. The summed E-state index contributed by atoms with van der Waals surface area (Å²) in [4.78, 5) is 0. The van der Waals surface area contributed by atoms with E-state index in [4.69, 9.17) is 0 Å². The summed E-state index contributed by atoms with van der Waals surface area (Å²) in [5, 5.41) is 17.6. The Hall–Kier alpha value is -2.68. The van der Waals surface area contributed by atoms with Crippen LogP contribution in [0, 0.1) is 0 Å². The van der Waals surface area contributed by atoms with E-state index in [0.717, 1.165) is 16.8 Å². The smallest absolute Gasteiger partial charge is 0.115 e. The van der Waals surface area contributed by atoms with Gasteiger partial charge in [-0.1, -0.05) is 36.4 Å². The molecule has 0 saturated heterocycles. The maximum atomic E-state index is 9.21. The quantitative estimate of drug-likeness (QED) is 0.643. The molecule has 0 amide bonds. The van der Waals surface area contributed by atoms with Crippen LogP contribution in [0.25, 0.3) is 11.1 Å². The standard InChI is InChI=1S/C16H12N2O/c19-14-9-7-13(8-10-14)17-18-16-11-6-12-4-2-1-3-5-15(12)16/h1-11,19H. The van der Waals surface area contributed by atoms with Crippen molar-refractivity contribution < 1.29 is 5.11 Å². The topological polar surface area (TPSA) is 45.0 Å². The molecule has 0 unspecified atom stereocenters. The SMILES string of the molecule is Oc1ccc(N=Nc2ccc3cccccc2-3)cc1. The first-order valence-corrected chi connectivity index (χ1v) is 6.01. The van der Waals surface area contributed by atoms with Gasteiger partial charge in [-0.15, -0.1) is 5.11 Å². The zero-order chi connectivity index (χ0) is 13.1. The van der Waals surface area contributed by atoms with Gasteiger partial charge in [0.1, 0.15) is 5.75 Å². The summed E-state index contributed by atoms with van der Waals surface area (Å²) >= 11 is 0. The van der Waals surface area contributed by atoms with Crippen LogP contribution in [0.4, 0.5) is 11.4 Å². The first kappa shape index (κ1) is 11.4. The second-order valence-electron chi connectivity index (χ2n) is 4.21. The average molecular weight is 248 g/mol. The van der Waals surface area contributed by atoms with E-state index in [9.17, 15) is 5.11 Å². The second kappa shape index (κ2) is 4.90. The number of phenols is 1. The van der Waals surface area contributed by atoms with Crippen molar-refractivity contribution in [2.45, 2.75) is 0 Å². The van der Waals surface area contributed by atoms with Crippen molar-refractivity contribution in [3.8, 4) is 16.9 Å². The van der Waals surface area contributed by atoms with Crippen molar-refractivity contribution in [2.24, 2.45) is 10.2 Å². The molecular weight excluding hydrogens is 236 g/mol. The van der Waals surface area contributed by atoms with Gasteiger partial charge in [0, 0.05) is 5.56 Å². The van der Waals surface area contributed by atoms with Crippen LogP contribution in [0.15, 0.2) is 77.0 Å².